The first-order valence-electron chi connectivity index (χ1n) is 7.48. The fourth-order valence-corrected chi connectivity index (χ4v) is 2.80. The highest BCUT2D eigenvalue weighted by Gasteiger charge is 2.29. The van der Waals surface area contributed by atoms with E-state index in [9.17, 15) is 9.59 Å². The van der Waals surface area contributed by atoms with Crippen molar-refractivity contribution in [3.8, 4) is 0 Å². The highest BCUT2D eigenvalue weighted by atomic mass is 16.5. The molecule has 0 aromatic heterocycles. The molecule has 0 saturated carbocycles. The first kappa shape index (κ1) is 15.5. The van der Waals surface area contributed by atoms with Gasteiger partial charge in [0.25, 0.3) is 5.91 Å². The van der Waals surface area contributed by atoms with Crippen LogP contribution in [0.15, 0.2) is 18.2 Å². The molecule has 4 nitrogen and oxygen atoms in total. The van der Waals surface area contributed by atoms with Gasteiger partial charge in [0.2, 0.25) is 0 Å². The van der Waals surface area contributed by atoms with Crippen LogP contribution in [0.25, 0.3) is 0 Å². The summed E-state index contributed by atoms with van der Waals surface area (Å²) in [7, 11) is 1.39. The molecule has 1 heterocycles. The molecule has 1 unspecified atom stereocenters. The van der Waals surface area contributed by atoms with E-state index in [0.717, 1.165) is 24.8 Å². The minimum Gasteiger partial charge on any atom is -0.469 e. The smallest absolute Gasteiger partial charge is 0.307 e. The van der Waals surface area contributed by atoms with Crippen LogP contribution in [0.2, 0.25) is 0 Å². The number of aryl methyl sites for hydroxylation is 2. The zero-order valence-electron chi connectivity index (χ0n) is 13.0. The number of methoxy groups -OCH3 is 1. The number of amides is 1. The zero-order chi connectivity index (χ0) is 15.4. The molecule has 1 atom stereocenters. The van der Waals surface area contributed by atoms with Crippen molar-refractivity contribution in [2.24, 2.45) is 0 Å². The Kier molecular flexibility index (Phi) is 4.99. The van der Waals surface area contributed by atoms with E-state index in [2.05, 4.69) is 0 Å². The quantitative estimate of drug-likeness (QED) is 0.804. The summed E-state index contributed by atoms with van der Waals surface area (Å²) in [6.45, 7) is 4.76. The molecule has 1 saturated heterocycles. The molecule has 0 radical (unpaired) electrons. The molecular weight excluding hydrogens is 266 g/mol. The minimum atomic E-state index is -0.250. The molecule has 1 aliphatic rings. The van der Waals surface area contributed by atoms with Gasteiger partial charge < -0.3 is 9.64 Å². The van der Waals surface area contributed by atoms with Gasteiger partial charge in [-0.15, -0.1) is 0 Å². The van der Waals surface area contributed by atoms with Crippen molar-refractivity contribution >= 4 is 11.9 Å². The van der Waals surface area contributed by atoms with Gasteiger partial charge >= 0.3 is 5.97 Å². The van der Waals surface area contributed by atoms with E-state index in [1.54, 1.807) is 0 Å². The molecule has 0 N–H and O–H groups in total. The molecule has 0 aliphatic carbocycles. The number of rotatable bonds is 3. The molecule has 21 heavy (non-hydrogen) atoms. The van der Waals surface area contributed by atoms with E-state index in [1.807, 2.05) is 36.9 Å². The Balaban J connectivity index is 2.17. The minimum absolute atomic E-state index is 0.0201. The molecule has 0 bridgehead atoms. The topological polar surface area (TPSA) is 46.6 Å². The lowest BCUT2D eigenvalue weighted by molar-refractivity contribution is -0.142. The van der Waals surface area contributed by atoms with Crippen molar-refractivity contribution in [1.29, 1.82) is 0 Å². The average molecular weight is 289 g/mol. The van der Waals surface area contributed by atoms with Crippen LogP contribution in [0.4, 0.5) is 0 Å². The maximum atomic E-state index is 12.7. The highest BCUT2D eigenvalue weighted by molar-refractivity contribution is 5.95. The second-order valence-electron chi connectivity index (χ2n) is 5.73. The van der Waals surface area contributed by atoms with Gasteiger partial charge in [-0.25, -0.2) is 0 Å². The van der Waals surface area contributed by atoms with Crippen molar-refractivity contribution in [3.63, 3.8) is 0 Å². The number of carbonyl (C=O) groups excluding carboxylic acids is 2. The molecule has 114 valence electrons. The summed E-state index contributed by atoms with van der Waals surface area (Å²) in [5, 5.41) is 0. The van der Waals surface area contributed by atoms with Crippen LogP contribution in [0.1, 0.15) is 47.2 Å². The Morgan fingerprint density at radius 3 is 2.67 bits per heavy atom. The first-order chi connectivity index (χ1) is 10.0. The van der Waals surface area contributed by atoms with Gasteiger partial charge in [-0.3, -0.25) is 9.59 Å². The van der Waals surface area contributed by atoms with Crippen LogP contribution >= 0.6 is 0 Å². The maximum absolute atomic E-state index is 12.7. The van der Waals surface area contributed by atoms with Gasteiger partial charge in [-0.05, 0) is 56.4 Å². The van der Waals surface area contributed by atoms with Crippen LogP contribution in [0.5, 0.6) is 0 Å². The lowest BCUT2D eigenvalue weighted by Gasteiger charge is -2.35. The number of ether oxygens (including phenoxy) is 1. The lowest BCUT2D eigenvalue weighted by Crippen LogP contribution is -2.44. The zero-order valence-corrected chi connectivity index (χ0v) is 13.0. The summed E-state index contributed by atoms with van der Waals surface area (Å²) in [5.41, 5.74) is 2.99. The number of nitrogens with zero attached hydrogens (tertiary/aromatic N) is 1. The number of benzene rings is 1. The Bertz CT molecular complexity index is 539. The van der Waals surface area contributed by atoms with Gasteiger partial charge in [0, 0.05) is 18.2 Å². The third-order valence-electron chi connectivity index (χ3n) is 4.27. The van der Waals surface area contributed by atoms with E-state index in [4.69, 9.17) is 4.74 Å². The number of esters is 1. The van der Waals surface area contributed by atoms with Gasteiger partial charge in [-0.2, -0.15) is 0 Å². The molecular formula is C17H23NO3. The number of hydrogen-bond acceptors (Lipinski definition) is 3. The SMILES string of the molecule is COC(=O)CC1CCCCN1C(=O)c1ccc(C)c(C)c1. The van der Waals surface area contributed by atoms with E-state index in [-0.39, 0.29) is 24.3 Å². The van der Waals surface area contributed by atoms with Gasteiger partial charge in [0.05, 0.1) is 13.5 Å². The molecule has 2 rings (SSSR count). The van der Waals surface area contributed by atoms with Crippen molar-refractivity contribution in [2.75, 3.05) is 13.7 Å². The van der Waals surface area contributed by atoms with Crippen molar-refractivity contribution < 1.29 is 14.3 Å². The molecule has 0 spiro atoms. The lowest BCUT2D eigenvalue weighted by atomic mass is 9.97. The summed E-state index contributed by atoms with van der Waals surface area (Å²) < 4.78 is 4.74. The Labute approximate surface area is 126 Å². The Morgan fingerprint density at radius 2 is 2.00 bits per heavy atom. The average Bonchev–Trinajstić information content (AvgIpc) is 2.49. The third-order valence-corrected chi connectivity index (χ3v) is 4.27. The van der Waals surface area contributed by atoms with E-state index >= 15 is 0 Å². The molecule has 1 aromatic rings. The predicted octanol–water partition coefficient (Wildman–Crippen LogP) is 2.86. The second kappa shape index (κ2) is 6.74. The number of hydrogen-bond donors (Lipinski definition) is 0. The second-order valence-corrected chi connectivity index (χ2v) is 5.73. The van der Waals surface area contributed by atoms with E-state index in [0.29, 0.717) is 12.1 Å². The highest BCUT2D eigenvalue weighted by Crippen LogP contribution is 2.23. The van der Waals surface area contributed by atoms with Crippen LogP contribution in [-0.4, -0.2) is 36.5 Å². The summed E-state index contributed by atoms with van der Waals surface area (Å²) in [6, 6.07) is 5.73. The Morgan fingerprint density at radius 1 is 1.24 bits per heavy atom. The number of likely N-dealkylation sites (tertiary alicyclic amines) is 1. The summed E-state index contributed by atoms with van der Waals surface area (Å²) >= 11 is 0. The van der Waals surface area contributed by atoms with Gasteiger partial charge in [0.1, 0.15) is 0 Å². The van der Waals surface area contributed by atoms with Crippen LogP contribution < -0.4 is 0 Å². The fraction of sp³-hybridized carbons (Fsp3) is 0.529. The van der Waals surface area contributed by atoms with Crippen molar-refractivity contribution in [2.45, 2.75) is 45.6 Å². The molecule has 1 fully saturated rings. The largest absolute Gasteiger partial charge is 0.469 e. The van der Waals surface area contributed by atoms with Gasteiger partial charge in [0.15, 0.2) is 0 Å². The van der Waals surface area contributed by atoms with E-state index < -0.39 is 0 Å². The first-order valence-corrected chi connectivity index (χ1v) is 7.48. The van der Waals surface area contributed by atoms with Crippen LogP contribution in [0, 0.1) is 13.8 Å². The summed E-state index contributed by atoms with van der Waals surface area (Å²) in [5.74, 6) is -0.230. The summed E-state index contributed by atoms with van der Waals surface area (Å²) in [4.78, 5) is 26.1. The van der Waals surface area contributed by atoms with Crippen molar-refractivity contribution in [1.82, 2.24) is 4.90 Å². The monoisotopic (exact) mass is 289 g/mol. The third kappa shape index (κ3) is 3.63. The Hall–Kier alpha value is -1.84. The number of piperidine rings is 1. The van der Waals surface area contributed by atoms with E-state index in [1.165, 1.54) is 12.7 Å². The molecule has 4 heteroatoms. The fourth-order valence-electron chi connectivity index (χ4n) is 2.80. The predicted molar refractivity (Wildman–Crippen MR) is 81.2 cm³/mol. The number of carbonyl (C=O) groups is 2. The van der Waals surface area contributed by atoms with Crippen molar-refractivity contribution in [3.05, 3.63) is 34.9 Å². The molecule has 1 aromatic carbocycles. The van der Waals surface area contributed by atoms with Crippen LogP contribution in [0.3, 0.4) is 0 Å². The molecule has 1 aliphatic heterocycles. The molecule has 1 amide bonds. The maximum Gasteiger partial charge on any atom is 0.307 e. The standard InChI is InChI=1S/C17H23NO3/c1-12-7-8-14(10-13(12)2)17(20)18-9-5-4-6-15(18)11-16(19)21-3/h7-8,10,15H,4-6,9,11H2,1-3H3. The normalized spacial score (nSPS) is 18.4. The van der Waals surface area contributed by atoms with Crippen LogP contribution in [-0.2, 0) is 9.53 Å². The summed E-state index contributed by atoms with van der Waals surface area (Å²) in [6.07, 6.45) is 3.20. The van der Waals surface area contributed by atoms with Gasteiger partial charge in [-0.1, -0.05) is 6.07 Å².